The van der Waals surface area contributed by atoms with Crippen molar-refractivity contribution in [1.29, 1.82) is 5.26 Å². The van der Waals surface area contributed by atoms with Crippen LogP contribution in [0.4, 0.5) is 0 Å². The molecule has 1 N–H and O–H groups in total. The zero-order chi connectivity index (χ0) is 11.5. The molecule has 1 fully saturated rings. The molecule has 3 atom stereocenters. The predicted octanol–water partition coefficient (Wildman–Crippen LogP) is 2.53. The summed E-state index contributed by atoms with van der Waals surface area (Å²) >= 11 is 1.65. The summed E-state index contributed by atoms with van der Waals surface area (Å²) in [6.45, 7) is 4.15. The van der Waals surface area contributed by atoms with Crippen LogP contribution >= 0.6 is 11.8 Å². The van der Waals surface area contributed by atoms with Gasteiger partial charge in [-0.2, -0.15) is 5.26 Å². The van der Waals surface area contributed by atoms with Crippen LogP contribution in [0.1, 0.15) is 32.0 Å². The van der Waals surface area contributed by atoms with E-state index in [1.165, 1.54) is 6.42 Å². The molecular formula is C11H16N4S. The average Bonchev–Trinajstić information content (AvgIpc) is 2.64. The molecule has 1 aliphatic rings. The molecule has 1 saturated carbocycles. The van der Waals surface area contributed by atoms with Crippen molar-refractivity contribution in [3.63, 3.8) is 0 Å². The van der Waals surface area contributed by atoms with E-state index in [-0.39, 0.29) is 5.92 Å². The van der Waals surface area contributed by atoms with E-state index in [0.717, 1.165) is 23.8 Å². The summed E-state index contributed by atoms with van der Waals surface area (Å²) in [6.07, 6.45) is 3.28. The minimum Gasteiger partial charge on any atom is -0.262 e. The summed E-state index contributed by atoms with van der Waals surface area (Å²) in [4.78, 5) is 4.29. The largest absolute Gasteiger partial charge is 0.262 e. The van der Waals surface area contributed by atoms with Crippen LogP contribution in [0.3, 0.4) is 0 Å². The maximum absolute atomic E-state index is 9.12. The molecule has 0 spiro atoms. The number of nitrogens with zero attached hydrogens (tertiary/aromatic N) is 3. The van der Waals surface area contributed by atoms with Crippen molar-refractivity contribution in [3.05, 3.63) is 5.82 Å². The molecule has 0 amide bonds. The summed E-state index contributed by atoms with van der Waals surface area (Å²) in [5.41, 5.74) is 0. The van der Waals surface area contributed by atoms with Crippen molar-refractivity contribution >= 4 is 11.8 Å². The van der Waals surface area contributed by atoms with Crippen LogP contribution in [0.15, 0.2) is 5.16 Å². The van der Waals surface area contributed by atoms with Crippen molar-refractivity contribution in [2.75, 3.05) is 0 Å². The molecule has 0 aliphatic heterocycles. The Hall–Kier alpha value is -1.02. The zero-order valence-corrected chi connectivity index (χ0v) is 10.4. The Morgan fingerprint density at radius 2 is 2.31 bits per heavy atom. The Kier molecular flexibility index (Phi) is 3.49. The van der Waals surface area contributed by atoms with Gasteiger partial charge in [0.25, 0.3) is 0 Å². The number of nitrogens with one attached hydrogen (secondary N) is 1. The maximum atomic E-state index is 9.12. The summed E-state index contributed by atoms with van der Waals surface area (Å²) in [5.74, 6) is 1.70. The van der Waals surface area contributed by atoms with Crippen molar-refractivity contribution in [2.45, 2.75) is 43.5 Å². The fourth-order valence-corrected chi connectivity index (χ4v) is 3.46. The first-order valence-electron chi connectivity index (χ1n) is 5.64. The lowest BCUT2D eigenvalue weighted by Crippen LogP contribution is -2.25. The smallest absolute Gasteiger partial charge is 0.208 e. The van der Waals surface area contributed by atoms with E-state index in [1.54, 1.807) is 11.8 Å². The fraction of sp³-hybridized carbons (Fsp3) is 0.727. The van der Waals surface area contributed by atoms with Crippen molar-refractivity contribution in [3.8, 4) is 6.07 Å². The first kappa shape index (κ1) is 11.5. The van der Waals surface area contributed by atoms with Crippen LogP contribution in [-0.2, 0) is 0 Å². The van der Waals surface area contributed by atoms with E-state index in [0.29, 0.717) is 11.2 Å². The fourth-order valence-electron chi connectivity index (χ4n) is 2.12. The van der Waals surface area contributed by atoms with Crippen molar-refractivity contribution in [1.82, 2.24) is 15.2 Å². The third-order valence-corrected chi connectivity index (χ3v) is 4.27. The van der Waals surface area contributed by atoms with E-state index in [1.807, 2.05) is 6.92 Å². The Morgan fingerprint density at radius 1 is 1.50 bits per heavy atom. The number of H-pyrrole nitrogens is 1. The number of rotatable bonds is 2. The van der Waals surface area contributed by atoms with Crippen LogP contribution in [0.25, 0.3) is 0 Å². The number of nitriles is 1. The topological polar surface area (TPSA) is 65.4 Å². The van der Waals surface area contributed by atoms with Crippen molar-refractivity contribution in [2.24, 2.45) is 11.8 Å². The van der Waals surface area contributed by atoms with Gasteiger partial charge in [-0.1, -0.05) is 18.7 Å². The van der Waals surface area contributed by atoms with Gasteiger partial charge in [0.2, 0.25) is 5.16 Å². The minimum atomic E-state index is 0.153. The van der Waals surface area contributed by atoms with Crippen LogP contribution in [0.5, 0.6) is 0 Å². The van der Waals surface area contributed by atoms with Gasteiger partial charge in [-0.05, 0) is 32.1 Å². The lowest BCUT2D eigenvalue weighted by atomic mass is 9.83. The molecule has 0 saturated heterocycles. The zero-order valence-electron chi connectivity index (χ0n) is 9.60. The van der Waals surface area contributed by atoms with Gasteiger partial charge in [-0.25, -0.2) is 4.98 Å². The standard InChI is InChI=1S/C11H16N4S/c1-7-3-4-9(6-12)10(5-7)16-11-13-8(2)14-15-11/h7,9-10H,3-5H2,1-2H3,(H,13,14,15). The van der Waals surface area contributed by atoms with Gasteiger partial charge in [0.1, 0.15) is 5.82 Å². The summed E-state index contributed by atoms with van der Waals surface area (Å²) in [6, 6.07) is 2.42. The molecule has 16 heavy (non-hydrogen) atoms. The van der Waals surface area contributed by atoms with E-state index in [4.69, 9.17) is 5.26 Å². The van der Waals surface area contributed by atoms with E-state index in [2.05, 4.69) is 28.2 Å². The second-order valence-electron chi connectivity index (χ2n) is 4.51. The lowest BCUT2D eigenvalue weighted by molar-refractivity contribution is 0.345. The molecule has 2 rings (SSSR count). The number of thioether (sulfide) groups is 1. The highest BCUT2D eigenvalue weighted by Crippen LogP contribution is 2.38. The van der Waals surface area contributed by atoms with Gasteiger partial charge in [0, 0.05) is 5.25 Å². The van der Waals surface area contributed by atoms with E-state index >= 15 is 0 Å². The second kappa shape index (κ2) is 4.88. The monoisotopic (exact) mass is 236 g/mol. The highest BCUT2D eigenvalue weighted by molar-refractivity contribution is 7.99. The van der Waals surface area contributed by atoms with Crippen LogP contribution in [-0.4, -0.2) is 20.4 Å². The van der Waals surface area contributed by atoms with Gasteiger partial charge in [-0.15, -0.1) is 5.10 Å². The highest BCUT2D eigenvalue weighted by Gasteiger charge is 2.30. The van der Waals surface area contributed by atoms with Crippen LogP contribution in [0.2, 0.25) is 0 Å². The number of hydrogen-bond acceptors (Lipinski definition) is 4. The van der Waals surface area contributed by atoms with Crippen molar-refractivity contribution < 1.29 is 0 Å². The Balaban J connectivity index is 2.04. The van der Waals surface area contributed by atoms with Gasteiger partial charge in [0.05, 0.1) is 12.0 Å². The second-order valence-corrected chi connectivity index (χ2v) is 5.72. The quantitative estimate of drug-likeness (QED) is 0.857. The molecule has 5 heteroatoms. The Labute approximate surface area is 99.8 Å². The highest BCUT2D eigenvalue weighted by atomic mass is 32.2. The number of aryl methyl sites for hydroxylation is 1. The molecule has 1 aromatic rings. The molecule has 3 unspecified atom stereocenters. The average molecular weight is 236 g/mol. The van der Waals surface area contributed by atoms with Gasteiger partial charge in [0.15, 0.2) is 0 Å². The first-order valence-corrected chi connectivity index (χ1v) is 6.52. The SMILES string of the molecule is Cc1nc(SC2CC(C)CCC2C#N)n[nH]1. The molecule has 1 heterocycles. The molecular weight excluding hydrogens is 220 g/mol. The normalized spacial score (nSPS) is 29.9. The lowest BCUT2D eigenvalue weighted by Gasteiger charge is -2.29. The third kappa shape index (κ3) is 2.56. The number of aromatic nitrogens is 3. The van der Waals surface area contributed by atoms with Gasteiger partial charge >= 0.3 is 0 Å². The molecule has 4 nitrogen and oxygen atoms in total. The van der Waals surface area contributed by atoms with Gasteiger partial charge < -0.3 is 0 Å². The molecule has 0 aromatic carbocycles. The summed E-state index contributed by atoms with van der Waals surface area (Å²) < 4.78 is 0. The van der Waals surface area contributed by atoms with Crippen LogP contribution in [0, 0.1) is 30.1 Å². The first-order chi connectivity index (χ1) is 7.69. The minimum absolute atomic E-state index is 0.153. The molecule has 0 bridgehead atoms. The van der Waals surface area contributed by atoms with E-state index in [9.17, 15) is 0 Å². The Morgan fingerprint density at radius 3 is 2.94 bits per heavy atom. The molecule has 0 radical (unpaired) electrons. The number of aromatic amines is 1. The summed E-state index contributed by atoms with van der Waals surface area (Å²) in [5, 5.41) is 17.2. The molecule has 1 aromatic heterocycles. The van der Waals surface area contributed by atoms with E-state index < -0.39 is 0 Å². The maximum Gasteiger partial charge on any atom is 0.208 e. The predicted molar refractivity (Wildman–Crippen MR) is 62.9 cm³/mol. The number of hydrogen-bond donors (Lipinski definition) is 1. The van der Waals surface area contributed by atoms with Crippen LogP contribution < -0.4 is 0 Å². The van der Waals surface area contributed by atoms with Gasteiger partial charge in [-0.3, -0.25) is 5.10 Å². The molecule has 1 aliphatic carbocycles. The molecule has 86 valence electrons. The summed E-state index contributed by atoms with van der Waals surface area (Å²) in [7, 11) is 0. The Bertz CT molecular complexity index is 395. The third-order valence-electron chi connectivity index (χ3n) is 3.05.